The zero-order valence-corrected chi connectivity index (χ0v) is 14.9. The molecule has 0 radical (unpaired) electrons. The van der Waals surface area contributed by atoms with Gasteiger partial charge in [-0.2, -0.15) is 0 Å². The lowest BCUT2D eigenvalue weighted by atomic mass is 10.1. The van der Waals surface area contributed by atoms with Crippen molar-refractivity contribution in [2.75, 3.05) is 12.4 Å². The summed E-state index contributed by atoms with van der Waals surface area (Å²) in [7, 11) is 4.40. The number of aryl methyl sites for hydroxylation is 1. The van der Waals surface area contributed by atoms with Crippen molar-refractivity contribution < 1.29 is 9.59 Å². The van der Waals surface area contributed by atoms with E-state index < -0.39 is 17.2 Å². The molecule has 0 unspecified atom stereocenters. The molecule has 9 heteroatoms. The highest BCUT2D eigenvalue weighted by atomic mass is 16.2. The molecule has 0 saturated heterocycles. The Hall–Kier alpha value is -3.75. The van der Waals surface area contributed by atoms with E-state index in [1.165, 1.54) is 38.0 Å². The summed E-state index contributed by atoms with van der Waals surface area (Å²) in [5, 5.41) is 5.36. The van der Waals surface area contributed by atoms with Crippen LogP contribution in [0.1, 0.15) is 20.7 Å². The van der Waals surface area contributed by atoms with Crippen molar-refractivity contribution in [3.63, 3.8) is 0 Å². The monoisotopic (exact) mass is 367 g/mol. The largest absolute Gasteiger partial charge is 0.355 e. The first-order valence-electron chi connectivity index (χ1n) is 8.02. The highest BCUT2D eigenvalue weighted by Crippen LogP contribution is 2.13. The van der Waals surface area contributed by atoms with E-state index in [-0.39, 0.29) is 22.5 Å². The van der Waals surface area contributed by atoms with E-state index in [0.29, 0.717) is 11.3 Å². The van der Waals surface area contributed by atoms with Crippen LogP contribution in [0.25, 0.3) is 11.0 Å². The Balaban J connectivity index is 1.93. The summed E-state index contributed by atoms with van der Waals surface area (Å²) < 4.78 is 2.21. The van der Waals surface area contributed by atoms with Crippen molar-refractivity contribution in [1.29, 1.82) is 0 Å². The molecule has 2 amide bonds. The Morgan fingerprint density at radius 3 is 2.26 bits per heavy atom. The van der Waals surface area contributed by atoms with E-state index in [2.05, 4.69) is 15.6 Å². The molecule has 0 aliphatic carbocycles. The van der Waals surface area contributed by atoms with Gasteiger partial charge in [0.25, 0.3) is 17.4 Å². The number of nitrogens with zero attached hydrogens (tertiary/aromatic N) is 3. The van der Waals surface area contributed by atoms with Crippen LogP contribution in [0.3, 0.4) is 0 Å². The second-order valence-corrected chi connectivity index (χ2v) is 5.91. The van der Waals surface area contributed by atoms with Gasteiger partial charge in [0.15, 0.2) is 0 Å². The fourth-order valence-corrected chi connectivity index (χ4v) is 2.64. The van der Waals surface area contributed by atoms with Crippen molar-refractivity contribution in [3.8, 4) is 0 Å². The standard InChI is InChI=1S/C18H17N5O4/c1-19-15(24)10-4-6-12(7-5-10)21-16(25)11-8-13-14(20-9-11)22(2)18(27)23(3)17(13)26/h4-9H,1-3H3,(H,19,24)(H,21,25). The summed E-state index contributed by atoms with van der Waals surface area (Å²) in [5.74, 6) is -0.693. The summed E-state index contributed by atoms with van der Waals surface area (Å²) in [4.78, 5) is 52.3. The van der Waals surface area contributed by atoms with Crippen molar-refractivity contribution in [2.24, 2.45) is 14.1 Å². The molecule has 138 valence electrons. The molecule has 0 saturated carbocycles. The lowest BCUT2D eigenvalue weighted by molar-refractivity contribution is 0.0962. The molecule has 1 aromatic carbocycles. The van der Waals surface area contributed by atoms with Gasteiger partial charge < -0.3 is 10.6 Å². The number of carbonyl (C=O) groups excluding carboxylic acids is 2. The molecular formula is C18H17N5O4. The van der Waals surface area contributed by atoms with Gasteiger partial charge in [0.05, 0.1) is 10.9 Å². The van der Waals surface area contributed by atoms with Gasteiger partial charge in [-0.25, -0.2) is 9.78 Å². The van der Waals surface area contributed by atoms with Crippen molar-refractivity contribution in [3.05, 3.63) is 68.5 Å². The molecule has 9 nitrogen and oxygen atoms in total. The number of benzene rings is 1. The molecule has 27 heavy (non-hydrogen) atoms. The minimum Gasteiger partial charge on any atom is -0.355 e. The second-order valence-electron chi connectivity index (χ2n) is 5.91. The van der Waals surface area contributed by atoms with Gasteiger partial charge in [-0.3, -0.25) is 23.5 Å². The maximum Gasteiger partial charge on any atom is 0.332 e. The lowest BCUT2D eigenvalue weighted by Crippen LogP contribution is -2.37. The van der Waals surface area contributed by atoms with E-state index in [1.54, 1.807) is 24.3 Å². The number of nitrogens with one attached hydrogen (secondary N) is 2. The predicted molar refractivity (Wildman–Crippen MR) is 100 cm³/mol. The number of aromatic nitrogens is 3. The first-order chi connectivity index (χ1) is 12.8. The normalized spacial score (nSPS) is 10.6. The van der Waals surface area contributed by atoms with Crippen LogP contribution in [0, 0.1) is 0 Å². The number of anilines is 1. The van der Waals surface area contributed by atoms with Crippen LogP contribution < -0.4 is 21.9 Å². The summed E-state index contributed by atoms with van der Waals surface area (Å²) >= 11 is 0. The first-order valence-corrected chi connectivity index (χ1v) is 8.02. The molecule has 3 aromatic rings. The van der Waals surface area contributed by atoms with E-state index in [9.17, 15) is 19.2 Å². The zero-order valence-electron chi connectivity index (χ0n) is 14.9. The predicted octanol–water partition coefficient (Wildman–Crippen LogP) is 0.244. The number of fused-ring (bicyclic) bond motifs is 1. The smallest absolute Gasteiger partial charge is 0.332 e. The SMILES string of the molecule is CNC(=O)c1ccc(NC(=O)c2cnc3c(c2)c(=O)n(C)c(=O)n3C)cc1. The maximum absolute atomic E-state index is 12.5. The number of amides is 2. The molecule has 0 atom stereocenters. The van der Waals surface area contributed by atoms with E-state index >= 15 is 0 Å². The summed E-state index contributed by atoms with van der Waals surface area (Å²) in [6.07, 6.45) is 1.30. The average molecular weight is 367 g/mol. The third kappa shape index (κ3) is 3.22. The molecule has 3 rings (SSSR count). The molecule has 0 bridgehead atoms. The molecule has 0 aliphatic heterocycles. The molecule has 0 aliphatic rings. The Morgan fingerprint density at radius 1 is 0.963 bits per heavy atom. The molecule has 2 heterocycles. The van der Waals surface area contributed by atoms with Gasteiger partial charge in [0.1, 0.15) is 5.65 Å². The van der Waals surface area contributed by atoms with Crippen LogP contribution in [0.15, 0.2) is 46.1 Å². The van der Waals surface area contributed by atoms with Crippen LogP contribution in [0.5, 0.6) is 0 Å². The van der Waals surface area contributed by atoms with Crippen LogP contribution in [0.4, 0.5) is 5.69 Å². The second kappa shape index (κ2) is 6.87. The van der Waals surface area contributed by atoms with Gasteiger partial charge in [-0.15, -0.1) is 0 Å². The fourth-order valence-electron chi connectivity index (χ4n) is 2.64. The fraction of sp³-hybridized carbons (Fsp3) is 0.167. The molecule has 2 N–H and O–H groups in total. The van der Waals surface area contributed by atoms with E-state index in [1.807, 2.05) is 0 Å². The highest BCUT2D eigenvalue weighted by molar-refractivity contribution is 6.05. The van der Waals surface area contributed by atoms with Gasteiger partial charge >= 0.3 is 5.69 Å². The third-order valence-electron chi connectivity index (χ3n) is 4.19. The number of hydrogen-bond acceptors (Lipinski definition) is 5. The Morgan fingerprint density at radius 2 is 1.63 bits per heavy atom. The summed E-state index contributed by atoms with van der Waals surface area (Å²) in [5.41, 5.74) is 0.315. The quantitative estimate of drug-likeness (QED) is 0.688. The number of pyridine rings is 1. The first kappa shape index (κ1) is 18.1. The van der Waals surface area contributed by atoms with Crippen LogP contribution in [0.2, 0.25) is 0 Å². The zero-order chi connectivity index (χ0) is 19.7. The Bertz CT molecular complexity index is 1180. The molecule has 2 aromatic heterocycles. The topological polar surface area (TPSA) is 115 Å². The summed E-state index contributed by atoms with van der Waals surface area (Å²) in [6.45, 7) is 0. The molecule has 0 fully saturated rings. The van der Waals surface area contributed by atoms with Crippen molar-refractivity contribution >= 4 is 28.5 Å². The molecular weight excluding hydrogens is 350 g/mol. The van der Waals surface area contributed by atoms with E-state index in [4.69, 9.17) is 0 Å². The minimum absolute atomic E-state index is 0.169. The number of rotatable bonds is 3. The number of hydrogen-bond donors (Lipinski definition) is 2. The highest BCUT2D eigenvalue weighted by Gasteiger charge is 2.14. The molecule has 0 spiro atoms. The van der Waals surface area contributed by atoms with Gasteiger partial charge in [0.2, 0.25) is 0 Å². The Kier molecular flexibility index (Phi) is 4.59. The maximum atomic E-state index is 12.5. The van der Waals surface area contributed by atoms with Crippen LogP contribution in [-0.2, 0) is 14.1 Å². The lowest BCUT2D eigenvalue weighted by Gasteiger charge is -2.09. The average Bonchev–Trinajstić information content (AvgIpc) is 2.70. The van der Waals surface area contributed by atoms with Gasteiger partial charge in [-0.1, -0.05) is 0 Å². The van der Waals surface area contributed by atoms with Gasteiger partial charge in [-0.05, 0) is 30.3 Å². The van der Waals surface area contributed by atoms with Crippen molar-refractivity contribution in [2.45, 2.75) is 0 Å². The third-order valence-corrected chi connectivity index (χ3v) is 4.19. The summed E-state index contributed by atoms with van der Waals surface area (Å²) in [6, 6.07) is 7.76. The van der Waals surface area contributed by atoms with Crippen LogP contribution in [-0.4, -0.2) is 33.0 Å². The number of carbonyl (C=O) groups is 2. The van der Waals surface area contributed by atoms with E-state index in [0.717, 1.165) is 4.57 Å². The Labute approximate surface area is 153 Å². The van der Waals surface area contributed by atoms with Gasteiger partial charge in [0, 0.05) is 38.6 Å². The van der Waals surface area contributed by atoms with Crippen molar-refractivity contribution in [1.82, 2.24) is 19.4 Å². The minimum atomic E-state index is -0.523. The van der Waals surface area contributed by atoms with Crippen LogP contribution >= 0.6 is 0 Å².